The van der Waals surface area contributed by atoms with E-state index in [0.717, 1.165) is 84.3 Å². The summed E-state index contributed by atoms with van der Waals surface area (Å²) in [5, 5.41) is 7.73. The summed E-state index contributed by atoms with van der Waals surface area (Å²) in [4.78, 5) is 42.3. The van der Waals surface area contributed by atoms with E-state index in [1.165, 1.54) is 0 Å². The summed E-state index contributed by atoms with van der Waals surface area (Å²) in [5.41, 5.74) is 0.677. The van der Waals surface area contributed by atoms with Gasteiger partial charge in [-0.25, -0.2) is 4.79 Å². The van der Waals surface area contributed by atoms with Crippen LogP contribution in [0.25, 0.3) is 0 Å². The van der Waals surface area contributed by atoms with Crippen molar-refractivity contribution in [2.45, 2.75) is 51.6 Å². The third-order valence-corrected chi connectivity index (χ3v) is 9.28. The topological polar surface area (TPSA) is 81.2 Å². The number of hydrogen-bond donors (Lipinski definition) is 1. The maximum Gasteiger partial charge on any atom is 0.490 e. The Morgan fingerprint density at radius 2 is 1.66 bits per heavy atom. The number of amides is 2. The van der Waals surface area contributed by atoms with E-state index in [4.69, 9.17) is 21.5 Å². The number of carboxylic acids is 1. The normalized spacial score (nSPS) is 26.7. The third-order valence-electron chi connectivity index (χ3n) is 9.05. The molecule has 0 aromatic heterocycles. The molecule has 1 spiro atoms. The van der Waals surface area contributed by atoms with E-state index in [9.17, 15) is 22.8 Å². The first kappa shape index (κ1) is 28.7. The standard InChI is InChI=1S/C25H34ClN3O2.C2HF3O2/c1-2-27-17-21-24(8-9-25(21,18-27)23(31)29-12-3-4-13-29)10-14-28(15-11-24)22(30)19-6-5-7-20(26)16-19;3-2(4,5)1(6)7/h5-7,16,21H,2-4,8-15,17-18H2,1H3;(H,6,7)/t21-,25+;/m0./s1. The van der Waals surface area contributed by atoms with Crippen LogP contribution in [0.3, 0.4) is 0 Å². The Hall–Kier alpha value is -2.33. The fraction of sp³-hybridized carbons (Fsp3) is 0.667. The molecular formula is C27H35ClF3N3O4. The fourth-order valence-electron chi connectivity index (χ4n) is 7.04. The Labute approximate surface area is 225 Å². The first-order valence-corrected chi connectivity index (χ1v) is 13.7. The molecule has 5 rings (SSSR count). The van der Waals surface area contributed by atoms with Crippen molar-refractivity contribution in [2.24, 2.45) is 16.7 Å². The quantitative estimate of drug-likeness (QED) is 0.590. The van der Waals surface area contributed by atoms with Crippen molar-refractivity contribution < 1.29 is 32.7 Å². The highest BCUT2D eigenvalue weighted by Gasteiger charge is 2.64. The van der Waals surface area contributed by atoms with Gasteiger partial charge >= 0.3 is 12.1 Å². The Kier molecular flexibility index (Phi) is 8.33. The predicted octanol–water partition coefficient (Wildman–Crippen LogP) is 4.55. The van der Waals surface area contributed by atoms with Crippen molar-refractivity contribution in [1.29, 1.82) is 0 Å². The molecule has 3 heterocycles. The van der Waals surface area contributed by atoms with Crippen molar-refractivity contribution >= 4 is 29.4 Å². The highest BCUT2D eigenvalue weighted by Crippen LogP contribution is 2.62. The molecule has 11 heteroatoms. The zero-order valence-electron chi connectivity index (χ0n) is 21.6. The van der Waals surface area contributed by atoms with Crippen molar-refractivity contribution in [3.05, 3.63) is 34.9 Å². The molecule has 1 saturated carbocycles. The number of aliphatic carboxylic acids is 1. The number of halogens is 4. The molecule has 1 aromatic rings. The molecule has 3 saturated heterocycles. The van der Waals surface area contributed by atoms with Gasteiger partial charge in [-0.15, -0.1) is 0 Å². The van der Waals surface area contributed by atoms with Crippen molar-refractivity contribution in [2.75, 3.05) is 45.8 Å². The summed E-state index contributed by atoms with van der Waals surface area (Å²) in [6.45, 7) is 8.64. The van der Waals surface area contributed by atoms with Crippen LogP contribution in [0.15, 0.2) is 24.3 Å². The van der Waals surface area contributed by atoms with Crippen molar-refractivity contribution in [1.82, 2.24) is 14.7 Å². The fourth-order valence-corrected chi connectivity index (χ4v) is 7.23. The molecule has 1 N–H and O–H groups in total. The van der Waals surface area contributed by atoms with Gasteiger partial charge in [-0.3, -0.25) is 9.59 Å². The van der Waals surface area contributed by atoms with Crippen LogP contribution in [-0.4, -0.2) is 89.6 Å². The van der Waals surface area contributed by atoms with Gasteiger partial charge in [0.15, 0.2) is 0 Å². The summed E-state index contributed by atoms with van der Waals surface area (Å²) < 4.78 is 31.7. The van der Waals surface area contributed by atoms with E-state index in [2.05, 4.69) is 16.7 Å². The smallest absolute Gasteiger partial charge is 0.475 e. The zero-order chi connectivity index (χ0) is 27.7. The van der Waals surface area contributed by atoms with Crippen LogP contribution in [0, 0.1) is 16.7 Å². The summed E-state index contributed by atoms with van der Waals surface area (Å²) in [6, 6.07) is 7.26. The lowest BCUT2D eigenvalue weighted by Crippen LogP contribution is -2.50. The van der Waals surface area contributed by atoms with Crippen molar-refractivity contribution in [3.63, 3.8) is 0 Å². The minimum Gasteiger partial charge on any atom is -0.475 e. The number of likely N-dealkylation sites (tertiary alicyclic amines) is 3. The van der Waals surface area contributed by atoms with Crippen LogP contribution < -0.4 is 0 Å². The maximum absolute atomic E-state index is 13.8. The third kappa shape index (κ3) is 5.52. The lowest BCUT2D eigenvalue weighted by molar-refractivity contribution is -0.192. The van der Waals surface area contributed by atoms with Gasteiger partial charge in [0.1, 0.15) is 0 Å². The molecule has 2 atom stereocenters. The van der Waals surface area contributed by atoms with Gasteiger partial charge in [0.2, 0.25) is 5.91 Å². The molecule has 0 bridgehead atoms. The predicted molar refractivity (Wildman–Crippen MR) is 136 cm³/mol. The molecule has 38 heavy (non-hydrogen) atoms. The number of piperidine rings is 1. The second-order valence-electron chi connectivity index (χ2n) is 11.0. The van der Waals surface area contributed by atoms with Gasteiger partial charge in [-0.2, -0.15) is 13.2 Å². The average molecular weight is 558 g/mol. The molecule has 0 unspecified atom stereocenters. The molecule has 0 radical (unpaired) electrons. The Balaban J connectivity index is 0.000000426. The molecule has 4 aliphatic rings. The molecule has 210 valence electrons. The van der Waals surface area contributed by atoms with Gasteiger partial charge in [0.25, 0.3) is 5.91 Å². The second kappa shape index (κ2) is 11.0. The lowest BCUT2D eigenvalue weighted by Gasteiger charge is -2.45. The van der Waals surface area contributed by atoms with Gasteiger partial charge in [0.05, 0.1) is 5.41 Å². The van der Waals surface area contributed by atoms with Crippen LogP contribution in [0.2, 0.25) is 5.02 Å². The number of carbonyl (C=O) groups excluding carboxylic acids is 2. The van der Waals surface area contributed by atoms with Gasteiger partial charge in [0, 0.05) is 49.9 Å². The number of benzene rings is 1. The molecule has 4 fully saturated rings. The molecule has 3 aliphatic heterocycles. The average Bonchev–Trinajstić information content (AvgIpc) is 3.61. The number of nitrogens with zero attached hydrogens (tertiary/aromatic N) is 3. The van der Waals surface area contributed by atoms with E-state index < -0.39 is 12.1 Å². The highest BCUT2D eigenvalue weighted by molar-refractivity contribution is 6.30. The molecule has 1 aromatic carbocycles. The minimum atomic E-state index is -5.08. The SMILES string of the molecule is CCN1C[C@H]2C3(CCN(C(=O)c4cccc(Cl)c4)CC3)CC[C@@]2(C(=O)N2CCCC2)C1.O=C(O)C(F)(F)F. The first-order valence-electron chi connectivity index (χ1n) is 13.3. The minimum absolute atomic E-state index is 0.0800. The lowest BCUT2D eigenvalue weighted by atomic mass is 9.65. The summed E-state index contributed by atoms with van der Waals surface area (Å²) in [7, 11) is 0. The number of alkyl halides is 3. The van der Waals surface area contributed by atoms with E-state index in [1.807, 2.05) is 17.0 Å². The van der Waals surface area contributed by atoms with E-state index in [1.54, 1.807) is 12.1 Å². The molecule has 1 aliphatic carbocycles. The maximum atomic E-state index is 13.8. The number of carbonyl (C=O) groups is 3. The van der Waals surface area contributed by atoms with E-state index in [-0.39, 0.29) is 16.7 Å². The molecule has 7 nitrogen and oxygen atoms in total. The Bertz CT molecular complexity index is 1050. The van der Waals surface area contributed by atoms with E-state index >= 15 is 0 Å². The second-order valence-corrected chi connectivity index (χ2v) is 11.4. The van der Waals surface area contributed by atoms with Gasteiger partial charge in [-0.1, -0.05) is 24.6 Å². The van der Waals surface area contributed by atoms with E-state index in [0.29, 0.717) is 22.4 Å². The highest BCUT2D eigenvalue weighted by atomic mass is 35.5. The number of carboxylic acid groups (broad SMARTS) is 1. The molecule has 2 amide bonds. The van der Waals surface area contributed by atoms with Crippen LogP contribution in [0.5, 0.6) is 0 Å². The van der Waals surface area contributed by atoms with Crippen LogP contribution in [-0.2, 0) is 9.59 Å². The molecular weight excluding hydrogens is 523 g/mol. The van der Waals surface area contributed by atoms with Gasteiger partial charge in [-0.05, 0) is 74.6 Å². The number of hydrogen-bond acceptors (Lipinski definition) is 4. The van der Waals surface area contributed by atoms with Crippen LogP contribution in [0.4, 0.5) is 13.2 Å². The summed E-state index contributed by atoms with van der Waals surface area (Å²) in [6.07, 6.45) is 1.39. The summed E-state index contributed by atoms with van der Waals surface area (Å²) >= 11 is 6.10. The van der Waals surface area contributed by atoms with Gasteiger partial charge < -0.3 is 19.8 Å². The van der Waals surface area contributed by atoms with Crippen molar-refractivity contribution in [3.8, 4) is 0 Å². The monoisotopic (exact) mass is 557 g/mol. The number of fused-ring (bicyclic) bond motifs is 2. The Morgan fingerprint density at radius 3 is 2.21 bits per heavy atom. The summed E-state index contributed by atoms with van der Waals surface area (Å²) in [5.74, 6) is -1.82. The first-order chi connectivity index (χ1) is 17.9. The number of rotatable bonds is 3. The largest absolute Gasteiger partial charge is 0.490 e. The van der Waals surface area contributed by atoms with Crippen LogP contribution >= 0.6 is 11.6 Å². The zero-order valence-corrected chi connectivity index (χ0v) is 22.4. The van der Waals surface area contributed by atoms with Crippen LogP contribution in [0.1, 0.15) is 55.8 Å². The Morgan fingerprint density at radius 1 is 1.03 bits per heavy atom.